The van der Waals surface area contributed by atoms with Crippen LogP contribution < -0.4 is 12.4 Å². The predicted octanol–water partition coefficient (Wildman–Crippen LogP) is -2.18. The zero-order valence-corrected chi connectivity index (χ0v) is 7.86. The van der Waals surface area contributed by atoms with Crippen LogP contribution in [0.4, 0.5) is 0 Å². The van der Waals surface area contributed by atoms with Crippen LogP contribution in [-0.4, -0.2) is 36.0 Å². The predicted molar refractivity (Wildman–Crippen MR) is 39.0 cm³/mol. The SMILES string of the molecule is CC[N+](CC)(CC)CO.[Cl-]. The Morgan fingerprint density at radius 1 is 1.00 bits per heavy atom. The van der Waals surface area contributed by atoms with E-state index in [9.17, 15) is 0 Å². The van der Waals surface area contributed by atoms with Crippen LogP contribution in [0.5, 0.6) is 0 Å². The smallest absolute Gasteiger partial charge is 0.180 e. The Hall–Kier alpha value is 0.210. The standard InChI is InChI=1S/C7H18NO.ClH/c1-4-8(5-2,6-3)7-9;/h9H,4-7H2,1-3H3;1H/q+1;/p-1. The summed E-state index contributed by atoms with van der Waals surface area (Å²) >= 11 is 0. The molecule has 0 aromatic heterocycles. The summed E-state index contributed by atoms with van der Waals surface area (Å²) in [6.07, 6.45) is 0. The maximum absolute atomic E-state index is 8.95. The van der Waals surface area contributed by atoms with E-state index in [0.29, 0.717) is 0 Å². The van der Waals surface area contributed by atoms with Crippen LogP contribution in [0, 0.1) is 0 Å². The topological polar surface area (TPSA) is 20.2 Å². The molecule has 3 heteroatoms. The fraction of sp³-hybridized carbons (Fsp3) is 1.00. The second-order valence-corrected chi connectivity index (χ2v) is 2.43. The Morgan fingerprint density at radius 3 is 1.30 bits per heavy atom. The fourth-order valence-electron chi connectivity index (χ4n) is 0.971. The highest BCUT2D eigenvalue weighted by Crippen LogP contribution is 2.01. The maximum Gasteiger partial charge on any atom is 0.180 e. The molecule has 0 bridgehead atoms. The summed E-state index contributed by atoms with van der Waals surface area (Å²) in [5.74, 6) is 0. The first-order valence-electron chi connectivity index (χ1n) is 3.70. The molecule has 0 atom stereocenters. The van der Waals surface area contributed by atoms with Gasteiger partial charge < -0.3 is 22.0 Å². The molecule has 0 unspecified atom stereocenters. The van der Waals surface area contributed by atoms with Gasteiger partial charge in [-0.2, -0.15) is 0 Å². The molecule has 0 aromatic carbocycles. The van der Waals surface area contributed by atoms with Crippen molar-refractivity contribution in [2.24, 2.45) is 0 Å². The van der Waals surface area contributed by atoms with Crippen LogP contribution >= 0.6 is 0 Å². The Morgan fingerprint density at radius 2 is 1.30 bits per heavy atom. The van der Waals surface area contributed by atoms with E-state index in [1.165, 1.54) is 0 Å². The summed E-state index contributed by atoms with van der Waals surface area (Å²) in [6.45, 7) is 9.72. The van der Waals surface area contributed by atoms with E-state index in [2.05, 4.69) is 20.8 Å². The Bertz CT molecular complexity index is 56.5. The van der Waals surface area contributed by atoms with E-state index in [0.717, 1.165) is 24.1 Å². The molecule has 0 aliphatic carbocycles. The van der Waals surface area contributed by atoms with Crippen molar-refractivity contribution in [3.8, 4) is 0 Å². The third kappa shape index (κ3) is 2.86. The van der Waals surface area contributed by atoms with Gasteiger partial charge in [0.2, 0.25) is 0 Å². The van der Waals surface area contributed by atoms with Crippen molar-refractivity contribution in [2.75, 3.05) is 26.4 Å². The zero-order valence-electron chi connectivity index (χ0n) is 7.10. The summed E-state index contributed by atoms with van der Waals surface area (Å²) in [6, 6.07) is 0. The van der Waals surface area contributed by atoms with Gasteiger partial charge >= 0.3 is 0 Å². The lowest BCUT2D eigenvalue weighted by molar-refractivity contribution is -0.940. The third-order valence-electron chi connectivity index (χ3n) is 2.31. The third-order valence-corrected chi connectivity index (χ3v) is 2.31. The Kier molecular flexibility index (Phi) is 7.65. The first-order chi connectivity index (χ1) is 4.24. The van der Waals surface area contributed by atoms with Crippen LogP contribution in [0.25, 0.3) is 0 Å². The molecule has 0 rings (SSSR count). The van der Waals surface area contributed by atoms with E-state index in [1.807, 2.05) is 0 Å². The van der Waals surface area contributed by atoms with Gasteiger partial charge in [-0.25, -0.2) is 0 Å². The number of rotatable bonds is 4. The van der Waals surface area contributed by atoms with Crippen molar-refractivity contribution in [1.29, 1.82) is 0 Å². The van der Waals surface area contributed by atoms with E-state index in [-0.39, 0.29) is 19.1 Å². The molecule has 2 nitrogen and oxygen atoms in total. The molecule has 0 heterocycles. The number of aliphatic hydroxyl groups excluding tert-OH is 1. The molecule has 0 saturated carbocycles. The number of aliphatic hydroxyl groups is 1. The number of hydrogen-bond donors (Lipinski definition) is 1. The van der Waals surface area contributed by atoms with Gasteiger partial charge in [-0.05, 0) is 20.8 Å². The molecule has 0 aliphatic heterocycles. The summed E-state index contributed by atoms with van der Waals surface area (Å²) in [5.41, 5.74) is 0. The molecule has 0 amide bonds. The monoisotopic (exact) mass is 167 g/mol. The van der Waals surface area contributed by atoms with Crippen molar-refractivity contribution in [3.05, 3.63) is 0 Å². The van der Waals surface area contributed by atoms with E-state index in [4.69, 9.17) is 5.11 Å². The number of nitrogens with zero attached hydrogens (tertiary/aromatic N) is 1. The summed E-state index contributed by atoms with van der Waals surface area (Å²) in [7, 11) is 0. The minimum atomic E-state index is 0. The van der Waals surface area contributed by atoms with Gasteiger partial charge in [-0.15, -0.1) is 0 Å². The number of hydrogen-bond acceptors (Lipinski definition) is 1. The van der Waals surface area contributed by atoms with Gasteiger partial charge in [0.05, 0.1) is 19.6 Å². The van der Waals surface area contributed by atoms with Crippen molar-refractivity contribution >= 4 is 0 Å². The number of quaternary nitrogens is 1. The average Bonchev–Trinajstić information content (AvgIpc) is 1.95. The number of halogens is 1. The molecule has 0 fully saturated rings. The lowest BCUT2D eigenvalue weighted by atomic mass is 10.4. The van der Waals surface area contributed by atoms with Crippen molar-refractivity contribution in [3.63, 3.8) is 0 Å². The van der Waals surface area contributed by atoms with Gasteiger partial charge in [0.15, 0.2) is 6.73 Å². The first-order valence-corrected chi connectivity index (χ1v) is 3.70. The first kappa shape index (κ1) is 12.8. The van der Waals surface area contributed by atoms with Crippen LogP contribution in [0.1, 0.15) is 20.8 Å². The molecule has 0 aromatic rings. The van der Waals surface area contributed by atoms with E-state index >= 15 is 0 Å². The molecule has 64 valence electrons. The summed E-state index contributed by atoms with van der Waals surface area (Å²) < 4.78 is 0.833. The van der Waals surface area contributed by atoms with Crippen LogP contribution in [0.3, 0.4) is 0 Å². The summed E-state index contributed by atoms with van der Waals surface area (Å²) in [4.78, 5) is 0. The van der Waals surface area contributed by atoms with Gasteiger partial charge in [0.1, 0.15) is 0 Å². The van der Waals surface area contributed by atoms with E-state index in [1.54, 1.807) is 0 Å². The molecule has 10 heavy (non-hydrogen) atoms. The zero-order chi connectivity index (χ0) is 7.33. The Labute approximate surface area is 69.8 Å². The second-order valence-electron chi connectivity index (χ2n) is 2.43. The molecule has 1 N–H and O–H groups in total. The summed E-state index contributed by atoms with van der Waals surface area (Å²) in [5, 5.41) is 8.95. The van der Waals surface area contributed by atoms with Crippen LogP contribution in [-0.2, 0) is 0 Å². The fourth-order valence-corrected chi connectivity index (χ4v) is 0.971. The average molecular weight is 168 g/mol. The molecule has 0 spiro atoms. The quantitative estimate of drug-likeness (QED) is 0.373. The lowest BCUT2D eigenvalue weighted by Gasteiger charge is -2.32. The van der Waals surface area contributed by atoms with Crippen molar-refractivity contribution in [1.82, 2.24) is 0 Å². The largest absolute Gasteiger partial charge is 1.00 e. The van der Waals surface area contributed by atoms with Gasteiger partial charge in [0, 0.05) is 0 Å². The maximum atomic E-state index is 8.95. The molecular weight excluding hydrogens is 150 g/mol. The molecular formula is C7H18ClNO. The minimum absolute atomic E-state index is 0. The van der Waals surface area contributed by atoms with Crippen molar-refractivity contribution in [2.45, 2.75) is 20.8 Å². The molecule has 0 radical (unpaired) electrons. The molecule has 0 aliphatic rings. The minimum Gasteiger partial charge on any atom is -1.00 e. The lowest BCUT2D eigenvalue weighted by Crippen LogP contribution is -3.00. The highest BCUT2D eigenvalue weighted by atomic mass is 35.5. The van der Waals surface area contributed by atoms with Gasteiger partial charge in [0.25, 0.3) is 0 Å². The van der Waals surface area contributed by atoms with Crippen molar-refractivity contribution < 1.29 is 22.0 Å². The molecule has 0 saturated heterocycles. The Balaban J connectivity index is 0. The van der Waals surface area contributed by atoms with E-state index < -0.39 is 0 Å². The van der Waals surface area contributed by atoms with Crippen LogP contribution in [0.2, 0.25) is 0 Å². The van der Waals surface area contributed by atoms with Gasteiger partial charge in [-0.3, -0.25) is 0 Å². The normalized spacial score (nSPS) is 10.8. The van der Waals surface area contributed by atoms with Crippen LogP contribution in [0.15, 0.2) is 0 Å². The highest BCUT2D eigenvalue weighted by Gasteiger charge is 2.17. The van der Waals surface area contributed by atoms with Gasteiger partial charge in [-0.1, -0.05) is 0 Å². The highest BCUT2D eigenvalue weighted by molar-refractivity contribution is 4.27. The second kappa shape index (κ2) is 5.96.